The van der Waals surface area contributed by atoms with Crippen molar-refractivity contribution in [2.45, 2.75) is 12.8 Å². The topological polar surface area (TPSA) is 43.6 Å². The summed E-state index contributed by atoms with van der Waals surface area (Å²) in [6.45, 7) is 0. The van der Waals surface area contributed by atoms with Crippen molar-refractivity contribution in [3.05, 3.63) is 164 Å². The van der Waals surface area contributed by atoms with Crippen LogP contribution >= 0.6 is 11.3 Å². The SMILES string of the molecule is C1=C(c2nc(-c3ccccc3)nc(-c3ccc4sc5ccccc5c4c3)n2)CCC=C1n1c2ccc3ccccc3c2c2c3ccccc3ccc21. The van der Waals surface area contributed by atoms with E-state index in [1.807, 2.05) is 29.5 Å². The lowest BCUT2D eigenvalue weighted by Gasteiger charge is -2.17. The van der Waals surface area contributed by atoms with Crippen LogP contribution in [0.15, 0.2) is 158 Å². The molecule has 52 heavy (non-hydrogen) atoms. The van der Waals surface area contributed by atoms with E-state index in [4.69, 9.17) is 15.0 Å². The van der Waals surface area contributed by atoms with Gasteiger partial charge in [-0.3, -0.25) is 0 Å². The summed E-state index contributed by atoms with van der Waals surface area (Å²) in [5, 5.41) is 10.1. The average molecular weight is 683 g/mol. The number of rotatable bonds is 4. The molecule has 11 rings (SSSR count). The first kappa shape index (κ1) is 29.3. The van der Waals surface area contributed by atoms with E-state index in [1.54, 1.807) is 0 Å². The van der Waals surface area contributed by atoms with Crippen molar-refractivity contribution in [3.8, 4) is 22.8 Å². The van der Waals surface area contributed by atoms with E-state index in [-0.39, 0.29) is 0 Å². The number of nitrogens with zero attached hydrogens (tertiary/aromatic N) is 4. The zero-order valence-corrected chi connectivity index (χ0v) is 28.9. The van der Waals surface area contributed by atoms with Crippen molar-refractivity contribution in [2.24, 2.45) is 0 Å². The van der Waals surface area contributed by atoms with Crippen LogP contribution in [0.25, 0.3) is 97.6 Å². The van der Waals surface area contributed by atoms with E-state index in [2.05, 4.69) is 144 Å². The second-order valence-corrected chi connectivity index (χ2v) is 14.6. The number of thiophene rings is 1. The van der Waals surface area contributed by atoms with Crippen LogP contribution in [0.5, 0.6) is 0 Å². The molecule has 0 unspecified atom stereocenters. The van der Waals surface area contributed by atoms with Gasteiger partial charge in [-0.1, -0.05) is 115 Å². The van der Waals surface area contributed by atoms with Crippen LogP contribution in [0, 0.1) is 0 Å². The molecule has 0 saturated carbocycles. The fourth-order valence-corrected chi connectivity index (χ4v) is 9.16. The quantitative estimate of drug-likeness (QED) is 0.186. The second-order valence-electron chi connectivity index (χ2n) is 13.5. The highest BCUT2D eigenvalue weighted by molar-refractivity contribution is 7.25. The van der Waals surface area contributed by atoms with Gasteiger partial charge in [-0.15, -0.1) is 11.3 Å². The van der Waals surface area contributed by atoms with Crippen molar-refractivity contribution in [3.63, 3.8) is 0 Å². The maximum atomic E-state index is 5.22. The van der Waals surface area contributed by atoms with Crippen LogP contribution in [0.1, 0.15) is 18.7 Å². The highest BCUT2D eigenvalue weighted by atomic mass is 32.1. The van der Waals surface area contributed by atoms with E-state index in [0.29, 0.717) is 11.6 Å². The minimum absolute atomic E-state index is 0.683. The van der Waals surface area contributed by atoms with Crippen LogP contribution < -0.4 is 0 Å². The molecule has 0 bridgehead atoms. The third-order valence-corrected chi connectivity index (χ3v) is 11.6. The Bertz CT molecular complexity index is 3040. The summed E-state index contributed by atoms with van der Waals surface area (Å²) >= 11 is 1.82. The van der Waals surface area contributed by atoms with Crippen molar-refractivity contribution < 1.29 is 0 Å². The molecule has 0 N–H and O–H groups in total. The van der Waals surface area contributed by atoms with Crippen molar-refractivity contribution in [1.82, 2.24) is 19.5 Å². The van der Waals surface area contributed by atoms with E-state index in [9.17, 15) is 0 Å². The Morgan fingerprint density at radius 1 is 0.481 bits per heavy atom. The zero-order chi connectivity index (χ0) is 34.2. The lowest BCUT2D eigenvalue weighted by atomic mass is 10.00. The molecule has 1 aliphatic rings. The Balaban J connectivity index is 1.12. The number of benzene rings is 7. The maximum Gasteiger partial charge on any atom is 0.164 e. The number of fused-ring (bicyclic) bond motifs is 10. The molecule has 7 aromatic carbocycles. The summed E-state index contributed by atoms with van der Waals surface area (Å²) < 4.78 is 4.99. The number of hydrogen-bond donors (Lipinski definition) is 0. The molecule has 0 saturated heterocycles. The monoisotopic (exact) mass is 682 g/mol. The van der Waals surface area contributed by atoms with Gasteiger partial charge in [-0.05, 0) is 82.4 Å². The first-order chi connectivity index (χ1) is 25.8. The Morgan fingerprint density at radius 2 is 1.08 bits per heavy atom. The normalized spacial score (nSPS) is 13.5. The predicted octanol–water partition coefficient (Wildman–Crippen LogP) is 12.7. The van der Waals surface area contributed by atoms with Gasteiger partial charge >= 0.3 is 0 Å². The number of allylic oxidation sites excluding steroid dienone is 4. The average Bonchev–Trinajstić information content (AvgIpc) is 3.77. The van der Waals surface area contributed by atoms with Gasteiger partial charge in [0.2, 0.25) is 0 Å². The molecule has 4 nitrogen and oxygen atoms in total. The molecule has 3 aromatic heterocycles. The molecular weight excluding hydrogens is 653 g/mol. The summed E-state index contributed by atoms with van der Waals surface area (Å²) in [5.74, 6) is 2.09. The smallest absolute Gasteiger partial charge is 0.164 e. The molecule has 5 heteroatoms. The molecule has 1 aliphatic carbocycles. The van der Waals surface area contributed by atoms with Crippen LogP contribution in [-0.4, -0.2) is 19.5 Å². The third-order valence-electron chi connectivity index (χ3n) is 10.5. The van der Waals surface area contributed by atoms with Gasteiger partial charge in [0.1, 0.15) is 0 Å². The Morgan fingerprint density at radius 3 is 1.81 bits per heavy atom. The first-order valence-electron chi connectivity index (χ1n) is 17.8. The molecule has 10 aromatic rings. The zero-order valence-electron chi connectivity index (χ0n) is 28.1. The molecular formula is C47H30N4S. The first-order valence-corrected chi connectivity index (χ1v) is 18.6. The molecule has 0 aliphatic heterocycles. The summed E-state index contributed by atoms with van der Waals surface area (Å²) in [6, 6.07) is 52.0. The molecule has 0 atom stereocenters. The van der Waals surface area contributed by atoms with Gasteiger partial charge in [-0.25, -0.2) is 15.0 Å². The van der Waals surface area contributed by atoms with Gasteiger partial charge in [0, 0.05) is 47.8 Å². The lowest BCUT2D eigenvalue weighted by Crippen LogP contribution is -2.06. The van der Waals surface area contributed by atoms with E-state index in [1.165, 1.54) is 63.5 Å². The van der Waals surface area contributed by atoms with Crippen molar-refractivity contribution in [1.29, 1.82) is 0 Å². The minimum Gasteiger partial charge on any atom is -0.310 e. The molecule has 3 heterocycles. The van der Waals surface area contributed by atoms with Gasteiger partial charge in [0.15, 0.2) is 17.5 Å². The summed E-state index contributed by atoms with van der Waals surface area (Å²) in [6.07, 6.45) is 6.40. The summed E-state index contributed by atoms with van der Waals surface area (Å²) in [4.78, 5) is 15.5. The second kappa shape index (κ2) is 11.6. The Kier molecular flexibility index (Phi) is 6.51. The van der Waals surface area contributed by atoms with Crippen LogP contribution in [0.2, 0.25) is 0 Å². The van der Waals surface area contributed by atoms with Gasteiger partial charge < -0.3 is 4.57 Å². The highest BCUT2D eigenvalue weighted by Crippen LogP contribution is 2.42. The number of aromatic nitrogens is 4. The lowest BCUT2D eigenvalue weighted by molar-refractivity contribution is 0.972. The van der Waals surface area contributed by atoms with E-state index in [0.717, 1.165) is 41.1 Å². The molecule has 0 radical (unpaired) electrons. The van der Waals surface area contributed by atoms with Gasteiger partial charge in [-0.2, -0.15) is 0 Å². The van der Waals surface area contributed by atoms with E-state index >= 15 is 0 Å². The molecule has 0 amide bonds. The van der Waals surface area contributed by atoms with Gasteiger partial charge in [0.25, 0.3) is 0 Å². The fourth-order valence-electron chi connectivity index (χ4n) is 8.07. The van der Waals surface area contributed by atoms with Crippen molar-refractivity contribution in [2.75, 3.05) is 0 Å². The molecule has 0 fully saturated rings. The number of hydrogen-bond acceptors (Lipinski definition) is 4. The van der Waals surface area contributed by atoms with Gasteiger partial charge in [0.05, 0.1) is 11.0 Å². The standard InChI is InChI=1S/C47H30N4S/c1-2-13-31(14-3-1)45-48-46(50-47(49-45)33-23-26-42-38(28-33)37-19-8-9-20-41(37)52-42)32-15-10-16-34(27-32)51-39-24-21-29-11-4-6-17-35(29)43(39)44-36-18-7-5-12-30(36)22-25-40(44)51/h1-9,11-14,16-28H,10,15H2. The predicted molar refractivity (Wildman–Crippen MR) is 220 cm³/mol. The Labute approximate surface area is 303 Å². The largest absolute Gasteiger partial charge is 0.310 e. The fraction of sp³-hybridized carbons (Fsp3) is 0.0426. The highest BCUT2D eigenvalue weighted by Gasteiger charge is 2.21. The van der Waals surface area contributed by atoms with Crippen LogP contribution in [-0.2, 0) is 0 Å². The third kappa shape index (κ3) is 4.56. The Hall–Kier alpha value is -6.43. The molecule has 0 spiro atoms. The van der Waals surface area contributed by atoms with Crippen molar-refractivity contribution >= 4 is 86.1 Å². The minimum atomic E-state index is 0.683. The van der Waals surface area contributed by atoms with E-state index < -0.39 is 0 Å². The van der Waals surface area contributed by atoms with Crippen LogP contribution in [0.4, 0.5) is 0 Å². The summed E-state index contributed by atoms with van der Waals surface area (Å²) in [7, 11) is 0. The summed E-state index contributed by atoms with van der Waals surface area (Å²) in [5.41, 5.74) is 6.61. The molecule has 244 valence electrons. The maximum absolute atomic E-state index is 5.22. The van der Waals surface area contributed by atoms with Crippen LogP contribution in [0.3, 0.4) is 0 Å².